The van der Waals surface area contributed by atoms with Crippen molar-refractivity contribution in [1.82, 2.24) is 14.1 Å². The third-order valence-electron chi connectivity index (χ3n) is 5.37. The van der Waals surface area contributed by atoms with Crippen LogP contribution < -0.4 is 14.4 Å². The summed E-state index contributed by atoms with van der Waals surface area (Å²) in [6, 6.07) is 9.31. The number of aromatic nitrogens is 2. The quantitative estimate of drug-likeness (QED) is 0.506. The largest absolute Gasteiger partial charge is 0.486 e. The van der Waals surface area contributed by atoms with Crippen LogP contribution in [0.2, 0.25) is 0 Å². The summed E-state index contributed by atoms with van der Waals surface area (Å²) in [5, 5.41) is 6.32. The summed E-state index contributed by atoms with van der Waals surface area (Å²) in [6.45, 7) is 4.50. The number of amides is 1. The molecule has 3 aromatic rings. The Hall–Kier alpha value is -2.89. The van der Waals surface area contributed by atoms with Crippen molar-refractivity contribution in [2.24, 2.45) is 0 Å². The van der Waals surface area contributed by atoms with Crippen molar-refractivity contribution >= 4 is 33.0 Å². The number of ether oxygens (including phenoxy) is 2. The van der Waals surface area contributed by atoms with E-state index in [0.29, 0.717) is 48.3 Å². The fourth-order valence-electron chi connectivity index (χ4n) is 3.69. The van der Waals surface area contributed by atoms with Gasteiger partial charge in [-0.3, -0.25) is 9.48 Å². The van der Waals surface area contributed by atoms with Gasteiger partial charge in [-0.05, 0) is 37.4 Å². The van der Waals surface area contributed by atoms with Crippen LogP contribution in [-0.4, -0.2) is 55.7 Å². The van der Waals surface area contributed by atoms with E-state index in [4.69, 9.17) is 9.47 Å². The Kier molecular flexibility index (Phi) is 6.46. The van der Waals surface area contributed by atoms with E-state index >= 15 is 0 Å². The second-order valence-electron chi connectivity index (χ2n) is 7.83. The lowest BCUT2D eigenvalue weighted by Gasteiger charge is -2.25. The first-order valence-electron chi connectivity index (χ1n) is 10.4. The maximum absolute atomic E-state index is 13.5. The molecular weight excluding hydrogens is 464 g/mol. The van der Waals surface area contributed by atoms with Gasteiger partial charge in [-0.25, -0.2) is 12.7 Å². The van der Waals surface area contributed by atoms with Gasteiger partial charge in [-0.15, -0.1) is 11.3 Å². The number of hydrogen-bond acceptors (Lipinski definition) is 7. The van der Waals surface area contributed by atoms with Gasteiger partial charge in [0.05, 0.1) is 17.9 Å². The normalized spacial score (nSPS) is 13.4. The maximum Gasteiger partial charge on any atom is 0.249 e. The summed E-state index contributed by atoms with van der Waals surface area (Å²) in [4.78, 5) is 16.3. The van der Waals surface area contributed by atoms with E-state index in [1.807, 2.05) is 23.6 Å². The number of nitrogens with zero attached hydrogens (tertiary/aromatic N) is 4. The zero-order valence-corrected chi connectivity index (χ0v) is 20.6. The molecule has 176 valence electrons. The van der Waals surface area contributed by atoms with Gasteiger partial charge in [0.15, 0.2) is 11.5 Å². The molecule has 1 aliphatic rings. The van der Waals surface area contributed by atoms with Gasteiger partial charge in [-0.2, -0.15) is 5.10 Å². The molecule has 0 fully saturated rings. The highest BCUT2D eigenvalue weighted by atomic mass is 32.2. The molecule has 0 spiro atoms. The predicted octanol–water partition coefficient (Wildman–Crippen LogP) is 2.82. The van der Waals surface area contributed by atoms with Crippen LogP contribution in [0.15, 0.2) is 40.6 Å². The summed E-state index contributed by atoms with van der Waals surface area (Å²) < 4.78 is 39.4. The van der Waals surface area contributed by atoms with Gasteiger partial charge in [0.1, 0.15) is 24.7 Å². The number of sulfonamides is 1. The Balaban J connectivity index is 1.67. The Labute approximate surface area is 197 Å². The van der Waals surface area contributed by atoms with Crippen molar-refractivity contribution in [1.29, 1.82) is 0 Å². The average molecular weight is 491 g/mol. The molecule has 1 aliphatic heterocycles. The summed E-state index contributed by atoms with van der Waals surface area (Å²) in [6.07, 6.45) is 0. The standard InChI is InChI=1S/C22H26N4O5S2/c1-15-22(33(28,29)24(3)4)16(2)26(23-15)14-21(27)25(13-18-6-5-11-32-18)17-7-8-19-20(12-17)31-10-9-30-19/h5-8,11-12H,9-10,13-14H2,1-4H3. The van der Waals surface area contributed by atoms with Gasteiger partial charge in [0.25, 0.3) is 0 Å². The Morgan fingerprint density at radius 1 is 1.15 bits per heavy atom. The molecule has 0 radical (unpaired) electrons. The van der Waals surface area contributed by atoms with Gasteiger partial charge in [0, 0.05) is 30.7 Å². The third kappa shape index (κ3) is 4.61. The molecule has 0 bridgehead atoms. The topological polar surface area (TPSA) is 94.0 Å². The first-order chi connectivity index (χ1) is 15.7. The summed E-state index contributed by atoms with van der Waals surface area (Å²) in [5.74, 6) is 1.01. The van der Waals surface area contributed by atoms with Crippen LogP contribution >= 0.6 is 11.3 Å². The number of hydrogen-bond donors (Lipinski definition) is 0. The number of benzene rings is 1. The first-order valence-corrected chi connectivity index (χ1v) is 12.7. The van der Waals surface area contributed by atoms with E-state index in [1.54, 1.807) is 42.2 Å². The Morgan fingerprint density at radius 2 is 1.88 bits per heavy atom. The second kappa shape index (κ2) is 9.16. The van der Waals surface area contributed by atoms with Crippen molar-refractivity contribution in [3.63, 3.8) is 0 Å². The molecule has 11 heteroatoms. The zero-order valence-electron chi connectivity index (χ0n) is 18.9. The van der Waals surface area contributed by atoms with E-state index < -0.39 is 10.0 Å². The first kappa shape index (κ1) is 23.3. The molecule has 0 aliphatic carbocycles. The van der Waals surface area contributed by atoms with Crippen LogP contribution in [0.25, 0.3) is 0 Å². The number of carbonyl (C=O) groups is 1. The molecule has 0 unspecified atom stereocenters. The molecule has 4 rings (SSSR count). The highest BCUT2D eigenvalue weighted by Crippen LogP contribution is 2.35. The van der Waals surface area contributed by atoms with Crippen molar-refractivity contribution in [2.75, 3.05) is 32.2 Å². The third-order valence-corrected chi connectivity index (χ3v) is 8.30. The molecule has 1 aromatic carbocycles. The van der Waals surface area contributed by atoms with Crippen LogP contribution in [0.3, 0.4) is 0 Å². The number of fused-ring (bicyclic) bond motifs is 1. The van der Waals surface area contributed by atoms with E-state index in [9.17, 15) is 13.2 Å². The zero-order chi connectivity index (χ0) is 23.8. The van der Waals surface area contributed by atoms with E-state index in [-0.39, 0.29) is 17.3 Å². The van der Waals surface area contributed by atoms with Gasteiger partial charge < -0.3 is 14.4 Å². The highest BCUT2D eigenvalue weighted by molar-refractivity contribution is 7.89. The predicted molar refractivity (Wildman–Crippen MR) is 126 cm³/mol. The molecule has 0 saturated carbocycles. The van der Waals surface area contributed by atoms with Crippen LogP contribution in [0, 0.1) is 13.8 Å². The molecule has 1 amide bonds. The molecule has 2 aromatic heterocycles. The molecular formula is C22H26N4O5S2. The smallest absolute Gasteiger partial charge is 0.249 e. The monoisotopic (exact) mass is 490 g/mol. The number of carbonyl (C=O) groups excluding carboxylic acids is 1. The van der Waals surface area contributed by atoms with Crippen LogP contribution in [-0.2, 0) is 27.9 Å². The fraction of sp³-hybridized carbons (Fsp3) is 0.364. The lowest BCUT2D eigenvalue weighted by molar-refractivity contribution is -0.119. The van der Waals surface area contributed by atoms with E-state index in [1.165, 1.54) is 18.8 Å². The highest BCUT2D eigenvalue weighted by Gasteiger charge is 2.28. The van der Waals surface area contributed by atoms with E-state index in [2.05, 4.69) is 5.10 Å². The van der Waals surface area contributed by atoms with Crippen molar-refractivity contribution in [3.8, 4) is 11.5 Å². The van der Waals surface area contributed by atoms with Crippen LogP contribution in [0.1, 0.15) is 16.3 Å². The second-order valence-corrected chi connectivity index (χ2v) is 11.0. The Bertz CT molecular complexity index is 1270. The SMILES string of the molecule is Cc1nn(CC(=O)N(Cc2cccs2)c2ccc3c(c2)OCCO3)c(C)c1S(=O)(=O)N(C)C. The summed E-state index contributed by atoms with van der Waals surface area (Å²) in [5.41, 5.74) is 1.45. The lowest BCUT2D eigenvalue weighted by atomic mass is 10.2. The average Bonchev–Trinajstić information content (AvgIpc) is 3.39. The summed E-state index contributed by atoms with van der Waals surface area (Å²) in [7, 11) is -0.733. The lowest BCUT2D eigenvalue weighted by Crippen LogP contribution is -2.34. The van der Waals surface area contributed by atoms with Crippen LogP contribution in [0.5, 0.6) is 11.5 Å². The van der Waals surface area contributed by atoms with Gasteiger partial charge in [-0.1, -0.05) is 6.07 Å². The van der Waals surface area contributed by atoms with Crippen LogP contribution in [0.4, 0.5) is 5.69 Å². The van der Waals surface area contributed by atoms with Gasteiger partial charge in [0.2, 0.25) is 15.9 Å². The van der Waals surface area contributed by atoms with E-state index in [0.717, 1.165) is 9.18 Å². The molecule has 0 atom stereocenters. The molecule has 0 saturated heterocycles. The Morgan fingerprint density at radius 3 is 2.55 bits per heavy atom. The van der Waals surface area contributed by atoms with Gasteiger partial charge >= 0.3 is 0 Å². The maximum atomic E-state index is 13.5. The molecule has 3 heterocycles. The number of thiophene rings is 1. The van der Waals surface area contributed by atoms with Crippen molar-refractivity contribution in [3.05, 3.63) is 52.0 Å². The molecule has 33 heavy (non-hydrogen) atoms. The minimum Gasteiger partial charge on any atom is -0.486 e. The van der Waals surface area contributed by atoms with Crippen molar-refractivity contribution in [2.45, 2.75) is 31.8 Å². The summed E-state index contributed by atoms with van der Waals surface area (Å²) >= 11 is 1.56. The molecule has 9 nitrogen and oxygen atoms in total. The number of aryl methyl sites for hydroxylation is 1. The van der Waals surface area contributed by atoms with Crippen molar-refractivity contribution < 1.29 is 22.7 Å². The molecule has 0 N–H and O–H groups in total. The minimum absolute atomic E-state index is 0.102. The number of rotatable bonds is 7. The minimum atomic E-state index is -3.68. The number of anilines is 1. The fourth-order valence-corrected chi connectivity index (χ4v) is 5.64.